The van der Waals surface area contributed by atoms with Crippen molar-refractivity contribution in [2.24, 2.45) is 0 Å². The number of hydrogen-bond donors (Lipinski definition) is 1. The van der Waals surface area contributed by atoms with E-state index < -0.39 is 24.1 Å². The van der Waals surface area contributed by atoms with Gasteiger partial charge in [0, 0.05) is 0 Å². The maximum Gasteiger partial charge on any atom is 0.219 e. The molecule has 1 heterocycles. The molecule has 1 saturated heterocycles. The summed E-state index contributed by atoms with van der Waals surface area (Å²) in [7, 11) is 0. The molecule has 4 atom stereocenters. The maximum atomic E-state index is 11.9. The number of rotatable bonds is 14. The zero-order valence-corrected chi connectivity index (χ0v) is 22.5. The van der Waals surface area contributed by atoms with Gasteiger partial charge in [0.1, 0.15) is 24.9 Å². The third-order valence-corrected chi connectivity index (χ3v) is 6.84. The lowest BCUT2D eigenvalue weighted by molar-refractivity contribution is -0.267. The molecular weight excluding hydrogens is 504 g/mol. The van der Waals surface area contributed by atoms with Crippen molar-refractivity contribution in [3.8, 4) is 0 Å². The van der Waals surface area contributed by atoms with Crippen molar-refractivity contribution in [2.45, 2.75) is 50.5 Å². The van der Waals surface area contributed by atoms with Gasteiger partial charge >= 0.3 is 0 Å². The van der Waals surface area contributed by atoms with Crippen LogP contribution in [0.1, 0.15) is 22.3 Å². The van der Waals surface area contributed by atoms with Crippen molar-refractivity contribution in [2.75, 3.05) is 13.2 Å². The lowest BCUT2D eigenvalue weighted by Gasteiger charge is -2.30. The van der Waals surface area contributed by atoms with Crippen molar-refractivity contribution in [1.29, 1.82) is 0 Å². The molecule has 0 radical (unpaired) electrons. The summed E-state index contributed by atoms with van der Waals surface area (Å²) < 4.78 is 31.1. The third-order valence-electron chi connectivity index (χ3n) is 6.84. The van der Waals surface area contributed by atoms with Crippen LogP contribution in [0.15, 0.2) is 121 Å². The van der Waals surface area contributed by atoms with E-state index in [0.717, 1.165) is 22.3 Å². The Bertz CT molecular complexity index is 1250. The first-order chi connectivity index (χ1) is 19.7. The second-order valence-electron chi connectivity index (χ2n) is 9.96. The molecule has 5 rings (SSSR count). The third kappa shape index (κ3) is 7.86. The molecule has 0 spiro atoms. The summed E-state index contributed by atoms with van der Waals surface area (Å²) in [6, 6.07) is 39.6. The normalized spacial score (nSPS) is 22.4. The van der Waals surface area contributed by atoms with E-state index in [2.05, 4.69) is 0 Å². The summed E-state index contributed by atoms with van der Waals surface area (Å²) in [6.45, 7) is 1.53. The fourth-order valence-electron chi connectivity index (χ4n) is 4.80. The highest BCUT2D eigenvalue weighted by molar-refractivity contribution is 5.16. The Morgan fingerprint density at radius 1 is 0.550 bits per heavy atom. The predicted molar refractivity (Wildman–Crippen MR) is 152 cm³/mol. The highest BCUT2D eigenvalue weighted by Gasteiger charge is 2.56. The van der Waals surface area contributed by atoms with Gasteiger partial charge in [0.05, 0.1) is 33.0 Å². The molecule has 6 nitrogen and oxygen atoms in total. The summed E-state index contributed by atoms with van der Waals surface area (Å²) in [6.07, 6.45) is -1.97. The molecule has 1 N–H and O–H groups in total. The van der Waals surface area contributed by atoms with E-state index in [0.29, 0.717) is 26.4 Å². The van der Waals surface area contributed by atoms with Crippen molar-refractivity contribution in [3.05, 3.63) is 144 Å². The molecule has 0 unspecified atom stereocenters. The summed E-state index contributed by atoms with van der Waals surface area (Å²) >= 11 is 0. The molecule has 0 amide bonds. The predicted octanol–water partition coefficient (Wildman–Crippen LogP) is 5.68. The van der Waals surface area contributed by atoms with Gasteiger partial charge in [0.2, 0.25) is 5.79 Å². The monoisotopic (exact) mass is 540 g/mol. The number of ether oxygens (including phenoxy) is 5. The SMILES string of the molecule is O[C@@]1(COCc2ccccc2)O[C@H](COCc2ccccc2)[C@@H](OCc2ccccc2)[C@@H]1OCc1ccccc1. The van der Waals surface area contributed by atoms with E-state index >= 15 is 0 Å². The Morgan fingerprint density at radius 3 is 1.48 bits per heavy atom. The van der Waals surface area contributed by atoms with Crippen LogP contribution in [0.3, 0.4) is 0 Å². The molecule has 1 aliphatic heterocycles. The Kier molecular flexibility index (Phi) is 10.1. The van der Waals surface area contributed by atoms with Crippen LogP contribution < -0.4 is 0 Å². The summed E-state index contributed by atoms with van der Waals surface area (Å²) in [5.41, 5.74) is 4.07. The van der Waals surface area contributed by atoms with Crippen LogP contribution in [-0.4, -0.2) is 42.4 Å². The minimum absolute atomic E-state index is 0.0816. The number of aliphatic hydroxyl groups is 1. The van der Waals surface area contributed by atoms with Crippen LogP contribution in [0.25, 0.3) is 0 Å². The summed E-state index contributed by atoms with van der Waals surface area (Å²) in [4.78, 5) is 0. The number of benzene rings is 4. The molecule has 6 heteroatoms. The average Bonchev–Trinajstić information content (AvgIpc) is 3.27. The van der Waals surface area contributed by atoms with Gasteiger partial charge in [-0.3, -0.25) is 0 Å². The van der Waals surface area contributed by atoms with Crippen LogP contribution >= 0.6 is 0 Å². The quantitative estimate of drug-likeness (QED) is 0.222. The fraction of sp³-hybridized carbons (Fsp3) is 0.294. The minimum atomic E-state index is -1.73. The van der Waals surface area contributed by atoms with Gasteiger partial charge in [0.25, 0.3) is 0 Å². The molecule has 1 fully saturated rings. The van der Waals surface area contributed by atoms with Gasteiger partial charge in [-0.1, -0.05) is 121 Å². The molecule has 1 aliphatic rings. The second-order valence-corrected chi connectivity index (χ2v) is 9.96. The van der Waals surface area contributed by atoms with Crippen LogP contribution in [0.2, 0.25) is 0 Å². The zero-order valence-electron chi connectivity index (χ0n) is 22.5. The average molecular weight is 541 g/mol. The Hall–Kier alpha value is -3.36. The molecule has 0 aliphatic carbocycles. The lowest BCUT2D eigenvalue weighted by atomic mass is 10.0. The van der Waals surface area contributed by atoms with E-state index in [4.69, 9.17) is 23.7 Å². The zero-order chi connectivity index (χ0) is 27.5. The maximum absolute atomic E-state index is 11.9. The molecule has 40 heavy (non-hydrogen) atoms. The second kappa shape index (κ2) is 14.3. The van der Waals surface area contributed by atoms with E-state index in [9.17, 15) is 5.11 Å². The van der Waals surface area contributed by atoms with Gasteiger partial charge in [0.15, 0.2) is 0 Å². The Labute approximate surface area is 236 Å². The first-order valence-corrected chi connectivity index (χ1v) is 13.6. The van der Waals surface area contributed by atoms with Crippen LogP contribution in [-0.2, 0) is 50.1 Å². The minimum Gasteiger partial charge on any atom is -0.374 e. The van der Waals surface area contributed by atoms with Gasteiger partial charge in [-0.2, -0.15) is 0 Å². The van der Waals surface area contributed by atoms with E-state index in [1.54, 1.807) is 0 Å². The van der Waals surface area contributed by atoms with Crippen molar-refractivity contribution in [3.63, 3.8) is 0 Å². The molecule has 0 aromatic heterocycles. The molecule has 0 bridgehead atoms. The lowest BCUT2D eigenvalue weighted by Crippen LogP contribution is -2.49. The van der Waals surface area contributed by atoms with Crippen LogP contribution in [0, 0.1) is 0 Å². The molecular formula is C34H36O6. The van der Waals surface area contributed by atoms with Crippen LogP contribution in [0.5, 0.6) is 0 Å². The Morgan fingerprint density at radius 2 is 0.975 bits per heavy atom. The number of hydrogen-bond acceptors (Lipinski definition) is 6. The first-order valence-electron chi connectivity index (χ1n) is 13.6. The van der Waals surface area contributed by atoms with E-state index in [-0.39, 0.29) is 13.2 Å². The van der Waals surface area contributed by atoms with Gasteiger partial charge in [-0.25, -0.2) is 0 Å². The fourth-order valence-corrected chi connectivity index (χ4v) is 4.80. The van der Waals surface area contributed by atoms with Crippen molar-refractivity contribution in [1.82, 2.24) is 0 Å². The van der Waals surface area contributed by atoms with E-state index in [1.807, 2.05) is 121 Å². The molecule has 4 aromatic carbocycles. The van der Waals surface area contributed by atoms with Gasteiger partial charge in [-0.05, 0) is 22.3 Å². The van der Waals surface area contributed by atoms with Crippen molar-refractivity contribution >= 4 is 0 Å². The largest absolute Gasteiger partial charge is 0.374 e. The van der Waals surface area contributed by atoms with Gasteiger partial charge < -0.3 is 28.8 Å². The molecule has 208 valence electrons. The highest BCUT2D eigenvalue weighted by Crippen LogP contribution is 2.36. The molecule has 0 saturated carbocycles. The smallest absolute Gasteiger partial charge is 0.219 e. The standard InChI is InChI=1S/C34H36O6/c35-34(26-37-22-28-15-7-2-8-16-28)33(39-24-30-19-11-4-12-20-30)32(38-23-29-17-9-3-10-18-29)31(40-34)25-36-21-27-13-5-1-6-14-27/h1-20,31-33,35H,21-26H2/t31-,32-,33+,34+/m1/s1. The Balaban J connectivity index is 1.33. The van der Waals surface area contributed by atoms with Crippen molar-refractivity contribution < 1.29 is 28.8 Å². The van der Waals surface area contributed by atoms with Gasteiger partial charge in [-0.15, -0.1) is 0 Å². The first kappa shape index (κ1) is 28.2. The van der Waals surface area contributed by atoms with E-state index in [1.165, 1.54) is 0 Å². The summed E-state index contributed by atoms with van der Waals surface area (Å²) in [5, 5.41) is 11.9. The summed E-state index contributed by atoms with van der Waals surface area (Å²) in [5.74, 6) is -1.73. The van der Waals surface area contributed by atoms with Crippen LogP contribution in [0.4, 0.5) is 0 Å². The molecule has 4 aromatic rings. The highest BCUT2D eigenvalue weighted by atomic mass is 16.7. The topological polar surface area (TPSA) is 66.4 Å².